The first-order valence-corrected chi connectivity index (χ1v) is 9.12. The maximum absolute atomic E-state index is 10.6. The smallest absolute Gasteiger partial charge is 0.0978 e. The Hall–Kier alpha value is -0.520. The van der Waals surface area contributed by atoms with Crippen molar-refractivity contribution in [2.24, 2.45) is 5.18 Å². The highest BCUT2D eigenvalue weighted by Gasteiger charge is 2.17. The van der Waals surface area contributed by atoms with Crippen molar-refractivity contribution in [3.63, 3.8) is 0 Å². The number of hydrogen-bond acceptors (Lipinski definition) is 5. The number of hydrogen-bond donors (Lipinski definition) is 1. The van der Waals surface area contributed by atoms with Crippen molar-refractivity contribution < 1.29 is 5.11 Å². The lowest BCUT2D eigenvalue weighted by Gasteiger charge is -2.16. The van der Waals surface area contributed by atoms with Gasteiger partial charge < -0.3 is 5.11 Å². The summed E-state index contributed by atoms with van der Waals surface area (Å²) in [5.74, 6) is 1.80. The van der Waals surface area contributed by atoms with E-state index in [0.717, 1.165) is 24.3 Å². The topological polar surface area (TPSA) is 49.7 Å². The summed E-state index contributed by atoms with van der Waals surface area (Å²) in [6.07, 6.45) is 1.56. The number of nitroso groups, excluding NO2 is 1. The maximum Gasteiger partial charge on any atom is 0.0978 e. The zero-order valence-corrected chi connectivity index (χ0v) is 14.9. The molecule has 5 heteroatoms. The van der Waals surface area contributed by atoms with Crippen LogP contribution in [0.4, 0.5) is 0 Å². The predicted molar refractivity (Wildman–Crippen MR) is 93.3 cm³/mol. The average Bonchev–Trinajstić information content (AvgIpc) is 2.39. The van der Waals surface area contributed by atoms with Gasteiger partial charge in [0.15, 0.2) is 0 Å². The second-order valence-corrected chi connectivity index (χ2v) is 8.72. The largest absolute Gasteiger partial charge is 0.390 e. The van der Waals surface area contributed by atoms with Crippen LogP contribution in [0.1, 0.15) is 40.5 Å². The normalized spacial score (nSPS) is 12.4. The molecule has 1 N–H and O–H groups in total. The molecule has 0 bridgehead atoms. The minimum absolute atomic E-state index is 0.472. The lowest BCUT2D eigenvalue weighted by atomic mass is 10.0. The van der Waals surface area contributed by atoms with Crippen LogP contribution < -0.4 is 0 Å². The van der Waals surface area contributed by atoms with Crippen LogP contribution in [0.3, 0.4) is 0 Å². The minimum atomic E-state index is -0.595. The van der Waals surface area contributed by atoms with E-state index in [1.807, 2.05) is 27.7 Å². The third kappa shape index (κ3) is 8.49. The van der Waals surface area contributed by atoms with Crippen molar-refractivity contribution in [3.05, 3.63) is 29.2 Å². The standard InChI is InChI=1S/C16H25NO2S2/c1-15(2,17-19)9-11-20-13-5-7-14(8-6-13)21-12-10-16(3,4)18/h5-8,18H,9-12H2,1-4H3. The third-order valence-electron chi connectivity index (χ3n) is 3.04. The SMILES string of the molecule is CC(C)(O)CCSc1ccc(SCCC(C)(C)N=O)cc1. The molecule has 0 heterocycles. The summed E-state index contributed by atoms with van der Waals surface area (Å²) in [5.41, 5.74) is -1.07. The Morgan fingerprint density at radius 2 is 1.38 bits per heavy atom. The number of nitrogens with zero attached hydrogens (tertiary/aromatic N) is 1. The zero-order chi connectivity index (χ0) is 15.9. The molecule has 0 radical (unpaired) electrons. The molecule has 1 aromatic carbocycles. The van der Waals surface area contributed by atoms with Gasteiger partial charge in [0.1, 0.15) is 0 Å². The molecule has 0 unspecified atom stereocenters. The van der Waals surface area contributed by atoms with Crippen LogP contribution in [0.15, 0.2) is 39.2 Å². The Labute approximate surface area is 136 Å². The molecule has 118 valence electrons. The molecule has 1 aromatic rings. The molecule has 0 saturated carbocycles. The molecular formula is C16H25NO2S2. The summed E-state index contributed by atoms with van der Waals surface area (Å²) in [5, 5.41) is 12.8. The van der Waals surface area contributed by atoms with E-state index in [4.69, 9.17) is 0 Å². The van der Waals surface area contributed by atoms with Crippen LogP contribution in [0.5, 0.6) is 0 Å². The quantitative estimate of drug-likeness (QED) is 0.514. The molecule has 21 heavy (non-hydrogen) atoms. The Balaban J connectivity index is 2.35. The highest BCUT2D eigenvalue weighted by molar-refractivity contribution is 7.99. The van der Waals surface area contributed by atoms with E-state index in [1.54, 1.807) is 23.5 Å². The number of thioether (sulfide) groups is 2. The second-order valence-electron chi connectivity index (χ2n) is 6.38. The van der Waals surface area contributed by atoms with Crippen LogP contribution in [0.25, 0.3) is 0 Å². The Morgan fingerprint density at radius 1 is 0.952 bits per heavy atom. The Kier molecular flexibility index (Phi) is 7.24. The lowest BCUT2D eigenvalue weighted by molar-refractivity contribution is 0.0778. The van der Waals surface area contributed by atoms with Gasteiger partial charge in [-0.05, 0) is 64.8 Å². The molecule has 0 amide bonds. The zero-order valence-electron chi connectivity index (χ0n) is 13.3. The van der Waals surface area contributed by atoms with Crippen LogP contribution >= 0.6 is 23.5 Å². The van der Waals surface area contributed by atoms with Crippen LogP contribution in [0, 0.1) is 4.91 Å². The van der Waals surface area contributed by atoms with Crippen molar-refractivity contribution in [1.29, 1.82) is 0 Å². The summed E-state index contributed by atoms with van der Waals surface area (Å²) in [6.45, 7) is 7.40. The van der Waals surface area contributed by atoms with Crippen molar-refractivity contribution in [3.8, 4) is 0 Å². The predicted octanol–water partition coefficient (Wildman–Crippen LogP) is 4.97. The van der Waals surface area contributed by atoms with Crippen molar-refractivity contribution in [2.45, 2.75) is 61.5 Å². The highest BCUT2D eigenvalue weighted by atomic mass is 32.2. The van der Waals surface area contributed by atoms with Crippen LogP contribution in [-0.2, 0) is 0 Å². The van der Waals surface area contributed by atoms with Gasteiger partial charge in [0.25, 0.3) is 0 Å². The minimum Gasteiger partial charge on any atom is -0.390 e. The van der Waals surface area contributed by atoms with Gasteiger partial charge in [-0.3, -0.25) is 0 Å². The van der Waals surface area contributed by atoms with E-state index in [0.29, 0.717) is 0 Å². The fourth-order valence-corrected chi connectivity index (χ4v) is 3.85. The summed E-state index contributed by atoms with van der Waals surface area (Å²) >= 11 is 3.51. The van der Waals surface area contributed by atoms with E-state index in [2.05, 4.69) is 29.4 Å². The fraction of sp³-hybridized carbons (Fsp3) is 0.625. The number of rotatable bonds is 9. The molecule has 0 atom stereocenters. The molecule has 0 aliphatic heterocycles. The summed E-state index contributed by atoms with van der Waals surface area (Å²) < 4.78 is 0. The van der Waals surface area contributed by atoms with Crippen LogP contribution in [0.2, 0.25) is 0 Å². The Bertz CT molecular complexity index is 439. The van der Waals surface area contributed by atoms with E-state index in [9.17, 15) is 10.0 Å². The van der Waals surface area contributed by atoms with Crippen LogP contribution in [-0.4, -0.2) is 27.8 Å². The summed E-state index contributed by atoms with van der Waals surface area (Å²) in [4.78, 5) is 13.0. The molecule has 0 aromatic heterocycles. The maximum atomic E-state index is 10.6. The van der Waals surface area contributed by atoms with E-state index in [1.165, 1.54) is 9.79 Å². The third-order valence-corrected chi connectivity index (χ3v) is 5.06. The molecule has 0 spiro atoms. The van der Waals surface area contributed by atoms with E-state index in [-0.39, 0.29) is 0 Å². The highest BCUT2D eigenvalue weighted by Crippen LogP contribution is 2.27. The van der Waals surface area contributed by atoms with Gasteiger partial charge in [0.05, 0.1) is 11.1 Å². The van der Waals surface area contributed by atoms with Gasteiger partial charge in [-0.15, -0.1) is 23.5 Å². The average molecular weight is 328 g/mol. The lowest BCUT2D eigenvalue weighted by Crippen LogP contribution is -2.18. The first kappa shape index (κ1) is 18.5. The van der Waals surface area contributed by atoms with Gasteiger partial charge in [-0.1, -0.05) is 5.18 Å². The fourth-order valence-electron chi connectivity index (χ4n) is 1.52. The first-order chi connectivity index (χ1) is 9.72. The van der Waals surface area contributed by atoms with Crippen molar-refractivity contribution >= 4 is 23.5 Å². The van der Waals surface area contributed by atoms with Gasteiger partial charge in [0.2, 0.25) is 0 Å². The molecule has 3 nitrogen and oxygen atoms in total. The van der Waals surface area contributed by atoms with Crippen molar-refractivity contribution in [1.82, 2.24) is 0 Å². The Morgan fingerprint density at radius 3 is 1.76 bits per heavy atom. The molecule has 0 saturated heterocycles. The molecular weight excluding hydrogens is 302 g/mol. The summed E-state index contributed by atoms with van der Waals surface area (Å²) in [7, 11) is 0. The van der Waals surface area contributed by atoms with Crippen molar-refractivity contribution in [2.75, 3.05) is 11.5 Å². The number of aliphatic hydroxyl groups is 1. The molecule has 1 rings (SSSR count). The second kappa shape index (κ2) is 8.20. The van der Waals surface area contributed by atoms with Gasteiger partial charge in [0, 0.05) is 21.3 Å². The molecule has 0 aliphatic rings. The molecule has 0 fully saturated rings. The summed E-state index contributed by atoms with van der Waals surface area (Å²) in [6, 6.07) is 8.44. The van der Waals surface area contributed by atoms with Gasteiger partial charge >= 0.3 is 0 Å². The monoisotopic (exact) mass is 327 g/mol. The van der Waals surface area contributed by atoms with E-state index >= 15 is 0 Å². The first-order valence-electron chi connectivity index (χ1n) is 7.14. The van der Waals surface area contributed by atoms with E-state index < -0.39 is 11.1 Å². The van der Waals surface area contributed by atoms with Gasteiger partial charge in [-0.25, -0.2) is 0 Å². The van der Waals surface area contributed by atoms with Gasteiger partial charge in [-0.2, -0.15) is 4.91 Å². The number of benzene rings is 1. The molecule has 0 aliphatic carbocycles.